The standard InChI is InChI=1S/C17H18ClFN2O3/c1-2-24-16-8-7-13(9-14(16)18)21-17(23)20-10-15(22)11-3-5-12(19)6-4-11/h3-9,15,22H,2,10H2,1H3,(H2,20,21,23). The van der Waals surface area contributed by atoms with Crippen molar-refractivity contribution in [1.82, 2.24) is 5.32 Å². The number of hydrogen-bond donors (Lipinski definition) is 3. The van der Waals surface area contributed by atoms with Crippen molar-refractivity contribution in [1.29, 1.82) is 0 Å². The second-order valence-corrected chi connectivity index (χ2v) is 5.39. The lowest BCUT2D eigenvalue weighted by atomic mass is 10.1. The number of rotatable bonds is 6. The van der Waals surface area contributed by atoms with Crippen LogP contribution in [0.5, 0.6) is 5.75 Å². The average molecular weight is 353 g/mol. The fourth-order valence-corrected chi connectivity index (χ4v) is 2.25. The summed E-state index contributed by atoms with van der Waals surface area (Å²) in [5, 5.41) is 15.5. The van der Waals surface area contributed by atoms with Crippen LogP contribution in [0.4, 0.5) is 14.9 Å². The highest BCUT2D eigenvalue weighted by Gasteiger charge is 2.10. The van der Waals surface area contributed by atoms with Gasteiger partial charge in [-0.25, -0.2) is 9.18 Å². The number of benzene rings is 2. The molecule has 7 heteroatoms. The highest BCUT2D eigenvalue weighted by molar-refractivity contribution is 6.32. The van der Waals surface area contributed by atoms with E-state index in [1.807, 2.05) is 6.92 Å². The number of anilines is 1. The Kier molecular flexibility index (Phi) is 6.40. The predicted octanol–water partition coefficient (Wildman–Crippen LogP) is 3.73. The van der Waals surface area contributed by atoms with Gasteiger partial charge in [0.1, 0.15) is 11.6 Å². The van der Waals surface area contributed by atoms with Crippen LogP contribution in [0, 0.1) is 5.82 Å². The molecule has 2 aromatic carbocycles. The Morgan fingerprint density at radius 2 is 2.00 bits per heavy atom. The van der Waals surface area contributed by atoms with E-state index < -0.39 is 12.1 Å². The Labute approximate surface area is 144 Å². The molecule has 0 aliphatic rings. The van der Waals surface area contributed by atoms with Crippen LogP contribution in [0.15, 0.2) is 42.5 Å². The minimum atomic E-state index is -0.930. The molecule has 1 atom stereocenters. The molecule has 0 saturated heterocycles. The number of ether oxygens (including phenoxy) is 1. The van der Waals surface area contributed by atoms with Crippen molar-refractivity contribution in [2.45, 2.75) is 13.0 Å². The van der Waals surface area contributed by atoms with Gasteiger partial charge in [-0.3, -0.25) is 0 Å². The molecule has 2 amide bonds. The van der Waals surface area contributed by atoms with Crippen LogP contribution < -0.4 is 15.4 Å². The molecule has 0 aliphatic heterocycles. The van der Waals surface area contributed by atoms with Crippen LogP contribution in [0.25, 0.3) is 0 Å². The van der Waals surface area contributed by atoms with Crippen molar-refractivity contribution in [3.8, 4) is 5.75 Å². The topological polar surface area (TPSA) is 70.6 Å². The Bertz CT molecular complexity index is 695. The van der Waals surface area contributed by atoms with Crippen LogP contribution in [0.1, 0.15) is 18.6 Å². The largest absolute Gasteiger partial charge is 0.492 e. The maximum atomic E-state index is 12.8. The highest BCUT2D eigenvalue weighted by atomic mass is 35.5. The molecule has 2 rings (SSSR count). The second-order valence-electron chi connectivity index (χ2n) is 4.98. The molecule has 24 heavy (non-hydrogen) atoms. The van der Waals surface area contributed by atoms with Gasteiger partial charge in [-0.15, -0.1) is 0 Å². The summed E-state index contributed by atoms with van der Waals surface area (Å²) in [5.74, 6) is 0.154. The number of carbonyl (C=O) groups is 1. The lowest BCUT2D eigenvalue weighted by Gasteiger charge is -2.13. The van der Waals surface area contributed by atoms with E-state index in [1.165, 1.54) is 24.3 Å². The van der Waals surface area contributed by atoms with E-state index in [2.05, 4.69) is 10.6 Å². The number of urea groups is 1. The van der Waals surface area contributed by atoms with Crippen LogP contribution in [-0.4, -0.2) is 24.3 Å². The third kappa shape index (κ3) is 5.11. The first kappa shape index (κ1) is 18.0. The molecular formula is C17H18ClFN2O3. The third-order valence-electron chi connectivity index (χ3n) is 3.20. The molecule has 128 valence electrons. The zero-order valence-electron chi connectivity index (χ0n) is 13.1. The first-order valence-electron chi connectivity index (χ1n) is 7.40. The lowest BCUT2D eigenvalue weighted by Crippen LogP contribution is -2.32. The summed E-state index contributed by atoms with van der Waals surface area (Å²) in [6.45, 7) is 2.33. The van der Waals surface area contributed by atoms with E-state index in [-0.39, 0.29) is 12.4 Å². The number of carbonyl (C=O) groups excluding carboxylic acids is 1. The molecule has 0 aromatic heterocycles. The van der Waals surface area contributed by atoms with Crippen LogP contribution in [0.2, 0.25) is 5.02 Å². The Morgan fingerprint density at radius 3 is 2.62 bits per heavy atom. The van der Waals surface area contributed by atoms with Crippen molar-refractivity contribution < 1.29 is 19.0 Å². The molecule has 0 saturated carbocycles. The van der Waals surface area contributed by atoms with E-state index in [0.29, 0.717) is 28.6 Å². The molecular weight excluding hydrogens is 335 g/mol. The van der Waals surface area contributed by atoms with E-state index in [4.69, 9.17) is 16.3 Å². The first-order chi connectivity index (χ1) is 11.5. The van der Waals surface area contributed by atoms with Crippen LogP contribution in [-0.2, 0) is 0 Å². The van der Waals surface area contributed by atoms with Gasteiger partial charge in [0.25, 0.3) is 0 Å². The average Bonchev–Trinajstić information content (AvgIpc) is 2.56. The first-order valence-corrected chi connectivity index (χ1v) is 7.78. The zero-order valence-corrected chi connectivity index (χ0v) is 13.8. The Hall–Kier alpha value is -2.31. The molecule has 0 spiro atoms. The molecule has 0 heterocycles. The molecule has 3 N–H and O–H groups in total. The van der Waals surface area contributed by atoms with E-state index in [0.717, 1.165) is 0 Å². The summed E-state index contributed by atoms with van der Waals surface area (Å²) in [7, 11) is 0. The van der Waals surface area contributed by atoms with Gasteiger partial charge in [0.05, 0.1) is 17.7 Å². The number of nitrogens with one attached hydrogen (secondary N) is 2. The molecule has 0 aliphatic carbocycles. The number of halogens is 2. The smallest absolute Gasteiger partial charge is 0.319 e. The van der Waals surface area contributed by atoms with E-state index in [9.17, 15) is 14.3 Å². The number of hydrogen-bond acceptors (Lipinski definition) is 3. The Balaban J connectivity index is 1.86. The monoisotopic (exact) mass is 352 g/mol. The molecule has 2 aromatic rings. The fourth-order valence-electron chi connectivity index (χ4n) is 2.02. The summed E-state index contributed by atoms with van der Waals surface area (Å²) in [5.41, 5.74) is 1.01. The van der Waals surface area contributed by atoms with Crippen LogP contribution >= 0.6 is 11.6 Å². The van der Waals surface area contributed by atoms with Gasteiger partial charge in [0.2, 0.25) is 0 Å². The second kappa shape index (κ2) is 8.52. The van der Waals surface area contributed by atoms with Crippen molar-refractivity contribution in [3.05, 3.63) is 58.9 Å². The summed E-state index contributed by atoms with van der Waals surface area (Å²) in [6.07, 6.45) is -0.930. The molecule has 0 fully saturated rings. The molecule has 5 nitrogen and oxygen atoms in total. The zero-order chi connectivity index (χ0) is 17.5. The maximum Gasteiger partial charge on any atom is 0.319 e. The third-order valence-corrected chi connectivity index (χ3v) is 3.50. The van der Waals surface area contributed by atoms with Crippen molar-refractivity contribution >= 4 is 23.3 Å². The molecule has 0 bridgehead atoms. The van der Waals surface area contributed by atoms with Crippen molar-refractivity contribution in [2.24, 2.45) is 0 Å². The van der Waals surface area contributed by atoms with Gasteiger partial charge in [0, 0.05) is 12.2 Å². The summed E-state index contributed by atoms with van der Waals surface area (Å²) in [6, 6.07) is 9.83. The molecule has 0 radical (unpaired) electrons. The van der Waals surface area contributed by atoms with Gasteiger partial charge >= 0.3 is 6.03 Å². The number of amides is 2. The number of aliphatic hydroxyl groups excluding tert-OH is 1. The predicted molar refractivity (Wildman–Crippen MR) is 91.0 cm³/mol. The Morgan fingerprint density at radius 1 is 1.29 bits per heavy atom. The van der Waals surface area contributed by atoms with Crippen LogP contribution in [0.3, 0.4) is 0 Å². The van der Waals surface area contributed by atoms with Crippen molar-refractivity contribution in [3.63, 3.8) is 0 Å². The van der Waals surface area contributed by atoms with Gasteiger partial charge in [-0.05, 0) is 42.8 Å². The van der Waals surface area contributed by atoms with Gasteiger partial charge < -0.3 is 20.5 Å². The minimum Gasteiger partial charge on any atom is -0.492 e. The van der Waals surface area contributed by atoms with Gasteiger partial charge in [-0.1, -0.05) is 23.7 Å². The summed E-state index contributed by atoms with van der Waals surface area (Å²) >= 11 is 6.04. The SMILES string of the molecule is CCOc1ccc(NC(=O)NCC(O)c2ccc(F)cc2)cc1Cl. The normalized spacial score (nSPS) is 11.7. The summed E-state index contributed by atoms with van der Waals surface area (Å²) < 4.78 is 18.1. The highest BCUT2D eigenvalue weighted by Crippen LogP contribution is 2.27. The van der Waals surface area contributed by atoms with E-state index in [1.54, 1.807) is 18.2 Å². The van der Waals surface area contributed by atoms with Gasteiger partial charge in [0.15, 0.2) is 0 Å². The minimum absolute atomic E-state index is 0.0117. The quantitative estimate of drug-likeness (QED) is 0.741. The number of aliphatic hydroxyl groups is 1. The maximum absolute atomic E-state index is 12.8. The summed E-state index contributed by atoms with van der Waals surface area (Å²) in [4.78, 5) is 11.9. The van der Waals surface area contributed by atoms with Crippen molar-refractivity contribution in [2.75, 3.05) is 18.5 Å². The van der Waals surface area contributed by atoms with Gasteiger partial charge in [-0.2, -0.15) is 0 Å². The fraction of sp³-hybridized carbons (Fsp3) is 0.235. The van der Waals surface area contributed by atoms with E-state index >= 15 is 0 Å². The lowest BCUT2D eigenvalue weighted by molar-refractivity contribution is 0.175. The molecule has 1 unspecified atom stereocenters.